The van der Waals surface area contributed by atoms with Crippen molar-refractivity contribution in [2.45, 2.75) is 45.6 Å². The molecule has 0 aromatic rings. The first-order chi connectivity index (χ1) is 6.79. The Morgan fingerprint density at radius 1 is 1.47 bits per heavy atom. The van der Waals surface area contributed by atoms with Crippen LogP contribution in [0.1, 0.15) is 40.0 Å². The fourth-order valence-corrected chi connectivity index (χ4v) is 4.27. The number of halogens is 1. The van der Waals surface area contributed by atoms with E-state index in [1.165, 1.54) is 0 Å². The van der Waals surface area contributed by atoms with Gasteiger partial charge in [-0.05, 0) is 30.6 Å². The summed E-state index contributed by atoms with van der Waals surface area (Å²) >= 11 is 3.18. The van der Waals surface area contributed by atoms with Crippen LogP contribution in [0.4, 0.5) is 0 Å². The van der Waals surface area contributed by atoms with Gasteiger partial charge in [-0.25, -0.2) is 0 Å². The van der Waals surface area contributed by atoms with Crippen LogP contribution in [0.25, 0.3) is 0 Å². The van der Waals surface area contributed by atoms with Crippen molar-refractivity contribution in [3.63, 3.8) is 0 Å². The Hall–Kier alpha value is 0.110. The Labute approximate surface area is 99.6 Å². The standard InChI is InChI=1S/C12H19BrO2/c1-10(2)8-4-5-11(10,3)12(15,6-8)9(14)7-13/h8,15H,4-7H2,1-3H3/t8-,11-,12+/m1/s1. The minimum Gasteiger partial charge on any atom is -0.381 e. The normalized spacial score (nSPS) is 47.1. The third-order valence-electron chi connectivity index (χ3n) is 5.47. The summed E-state index contributed by atoms with van der Waals surface area (Å²) in [6.45, 7) is 6.48. The number of rotatable bonds is 2. The summed E-state index contributed by atoms with van der Waals surface area (Å²) in [6.07, 6.45) is 2.78. The lowest BCUT2D eigenvalue weighted by atomic mass is 9.63. The van der Waals surface area contributed by atoms with Crippen LogP contribution < -0.4 is 0 Å². The quantitative estimate of drug-likeness (QED) is 0.786. The summed E-state index contributed by atoms with van der Waals surface area (Å²) in [7, 11) is 0. The van der Waals surface area contributed by atoms with E-state index >= 15 is 0 Å². The molecular weight excluding hydrogens is 256 g/mol. The van der Waals surface area contributed by atoms with Crippen LogP contribution in [0.3, 0.4) is 0 Å². The van der Waals surface area contributed by atoms with Crippen molar-refractivity contribution in [3.8, 4) is 0 Å². The molecule has 86 valence electrons. The minimum atomic E-state index is -1.09. The van der Waals surface area contributed by atoms with Crippen LogP contribution >= 0.6 is 15.9 Å². The van der Waals surface area contributed by atoms with Crippen LogP contribution in [0.2, 0.25) is 0 Å². The van der Waals surface area contributed by atoms with Gasteiger partial charge in [0.15, 0.2) is 5.78 Å². The molecule has 0 saturated heterocycles. The van der Waals surface area contributed by atoms with Gasteiger partial charge in [0.1, 0.15) is 5.60 Å². The first kappa shape index (κ1) is 11.6. The van der Waals surface area contributed by atoms with E-state index in [1.807, 2.05) is 0 Å². The maximum Gasteiger partial charge on any atom is 0.175 e. The van der Waals surface area contributed by atoms with Gasteiger partial charge >= 0.3 is 0 Å². The van der Waals surface area contributed by atoms with Gasteiger partial charge < -0.3 is 5.11 Å². The van der Waals surface area contributed by atoms with Gasteiger partial charge in [-0.1, -0.05) is 36.7 Å². The van der Waals surface area contributed by atoms with Gasteiger partial charge in [0, 0.05) is 5.41 Å². The predicted octanol–water partition coefficient (Wildman–Crippen LogP) is 2.53. The molecule has 2 aliphatic rings. The Kier molecular flexibility index (Phi) is 2.37. The Bertz CT molecular complexity index is 313. The van der Waals surface area contributed by atoms with E-state index in [0.717, 1.165) is 12.8 Å². The first-order valence-corrected chi connectivity index (χ1v) is 6.73. The van der Waals surface area contributed by atoms with E-state index in [1.54, 1.807) is 0 Å². The molecule has 0 heterocycles. The third-order valence-corrected chi connectivity index (χ3v) is 5.98. The monoisotopic (exact) mass is 274 g/mol. The van der Waals surface area contributed by atoms with Crippen LogP contribution in [0.5, 0.6) is 0 Å². The van der Waals surface area contributed by atoms with Crippen LogP contribution in [-0.2, 0) is 4.79 Å². The van der Waals surface area contributed by atoms with Crippen molar-refractivity contribution in [2.24, 2.45) is 16.7 Å². The van der Waals surface area contributed by atoms with E-state index < -0.39 is 5.60 Å². The van der Waals surface area contributed by atoms with Crippen molar-refractivity contribution in [2.75, 3.05) is 5.33 Å². The number of alkyl halides is 1. The third kappa shape index (κ3) is 1.11. The molecule has 0 aliphatic heterocycles. The second-order valence-corrected chi connectivity index (χ2v) is 6.47. The summed E-state index contributed by atoms with van der Waals surface area (Å²) < 4.78 is 0. The Morgan fingerprint density at radius 2 is 2.07 bits per heavy atom. The highest BCUT2D eigenvalue weighted by Crippen LogP contribution is 2.69. The van der Waals surface area contributed by atoms with Gasteiger partial charge in [0.2, 0.25) is 0 Å². The topological polar surface area (TPSA) is 37.3 Å². The summed E-state index contributed by atoms with van der Waals surface area (Å²) in [5.74, 6) is 0.454. The summed E-state index contributed by atoms with van der Waals surface area (Å²) in [5, 5.41) is 10.9. The highest BCUT2D eigenvalue weighted by molar-refractivity contribution is 9.09. The zero-order valence-electron chi connectivity index (χ0n) is 9.64. The van der Waals surface area contributed by atoms with E-state index in [4.69, 9.17) is 0 Å². The largest absolute Gasteiger partial charge is 0.381 e. The number of Topliss-reactive ketones (excluding diaryl/α,β-unsaturated/α-hetero) is 1. The zero-order chi connectivity index (χ0) is 11.5. The van der Waals surface area contributed by atoms with Gasteiger partial charge in [0.05, 0.1) is 5.33 Å². The number of aliphatic hydroxyl groups is 1. The smallest absolute Gasteiger partial charge is 0.175 e. The summed E-state index contributed by atoms with van der Waals surface area (Å²) in [5.41, 5.74) is -1.25. The molecule has 0 spiro atoms. The molecule has 3 heteroatoms. The molecule has 1 N–H and O–H groups in total. The Morgan fingerprint density at radius 3 is 2.40 bits per heavy atom. The van der Waals surface area contributed by atoms with Crippen molar-refractivity contribution < 1.29 is 9.90 Å². The van der Waals surface area contributed by atoms with Crippen molar-refractivity contribution in [1.29, 1.82) is 0 Å². The Balaban J connectivity index is 2.45. The molecule has 0 aromatic carbocycles. The SMILES string of the molecule is CC1(C)[C@@H]2CC[C@@]1(C)[C@@](O)(C(=O)CBr)C2. The first-order valence-electron chi connectivity index (χ1n) is 5.61. The number of fused-ring (bicyclic) bond motifs is 2. The molecule has 2 saturated carbocycles. The number of ketones is 1. The lowest BCUT2D eigenvalue weighted by molar-refractivity contribution is -0.152. The molecule has 0 aromatic heterocycles. The molecule has 0 radical (unpaired) electrons. The second-order valence-electron chi connectivity index (χ2n) is 5.91. The van der Waals surface area contributed by atoms with Crippen molar-refractivity contribution >= 4 is 21.7 Å². The van der Waals surface area contributed by atoms with Crippen molar-refractivity contribution in [3.05, 3.63) is 0 Å². The molecule has 2 fully saturated rings. The number of carbonyl (C=O) groups excluding carboxylic acids is 1. The maximum atomic E-state index is 11.9. The van der Waals surface area contributed by atoms with E-state index in [9.17, 15) is 9.90 Å². The molecule has 15 heavy (non-hydrogen) atoms. The maximum absolute atomic E-state index is 11.9. The van der Waals surface area contributed by atoms with Gasteiger partial charge in [-0.3, -0.25) is 4.79 Å². The molecule has 2 bridgehead atoms. The summed E-state index contributed by atoms with van der Waals surface area (Å²) in [4.78, 5) is 11.9. The highest BCUT2D eigenvalue weighted by atomic mass is 79.9. The van der Waals surface area contributed by atoms with Crippen LogP contribution in [0, 0.1) is 16.7 Å². The lowest BCUT2D eigenvalue weighted by Crippen LogP contribution is -2.53. The molecule has 2 rings (SSSR count). The van der Waals surface area contributed by atoms with Gasteiger partial charge in [-0.2, -0.15) is 0 Å². The average Bonchev–Trinajstić information content (AvgIpc) is 2.48. The predicted molar refractivity (Wildman–Crippen MR) is 63.0 cm³/mol. The average molecular weight is 275 g/mol. The molecular formula is C12H19BrO2. The summed E-state index contributed by atoms with van der Waals surface area (Å²) in [6, 6.07) is 0. The number of hydrogen-bond donors (Lipinski definition) is 1. The number of hydrogen-bond acceptors (Lipinski definition) is 2. The second kappa shape index (κ2) is 3.07. The minimum absolute atomic E-state index is 0.0414. The molecule has 0 unspecified atom stereocenters. The van der Waals surface area contributed by atoms with Gasteiger partial charge in [0.25, 0.3) is 0 Å². The number of carbonyl (C=O) groups is 1. The molecule has 3 atom stereocenters. The molecule has 2 aliphatic carbocycles. The fourth-order valence-electron chi connectivity index (χ4n) is 3.81. The van der Waals surface area contributed by atoms with E-state index in [-0.39, 0.29) is 21.9 Å². The van der Waals surface area contributed by atoms with E-state index in [2.05, 4.69) is 36.7 Å². The van der Waals surface area contributed by atoms with Crippen LogP contribution in [0.15, 0.2) is 0 Å². The lowest BCUT2D eigenvalue weighted by Gasteiger charge is -2.44. The molecule has 0 amide bonds. The van der Waals surface area contributed by atoms with Gasteiger partial charge in [-0.15, -0.1) is 0 Å². The van der Waals surface area contributed by atoms with Crippen LogP contribution in [-0.4, -0.2) is 21.8 Å². The highest BCUT2D eigenvalue weighted by Gasteiger charge is 2.70. The molecule has 2 nitrogen and oxygen atoms in total. The van der Waals surface area contributed by atoms with E-state index in [0.29, 0.717) is 12.3 Å². The van der Waals surface area contributed by atoms with Crippen molar-refractivity contribution in [1.82, 2.24) is 0 Å². The zero-order valence-corrected chi connectivity index (χ0v) is 11.2. The fraction of sp³-hybridized carbons (Fsp3) is 0.917.